The van der Waals surface area contributed by atoms with E-state index in [0.29, 0.717) is 17.9 Å². The van der Waals surface area contributed by atoms with Crippen LogP contribution in [0.2, 0.25) is 0 Å². The number of aryl methyl sites for hydroxylation is 1. The molecule has 2 aliphatic heterocycles. The van der Waals surface area contributed by atoms with Crippen molar-refractivity contribution in [1.82, 2.24) is 30.1 Å². The summed E-state index contributed by atoms with van der Waals surface area (Å²) >= 11 is 0. The van der Waals surface area contributed by atoms with Crippen LogP contribution in [0.25, 0.3) is 10.9 Å². The van der Waals surface area contributed by atoms with Gasteiger partial charge in [0.15, 0.2) is 5.82 Å². The molecule has 9 heteroatoms. The predicted octanol–water partition coefficient (Wildman–Crippen LogP) is 2.91. The fourth-order valence-corrected chi connectivity index (χ4v) is 5.50. The van der Waals surface area contributed by atoms with Gasteiger partial charge in [-0.15, -0.1) is 5.10 Å². The van der Waals surface area contributed by atoms with Crippen LogP contribution in [0.1, 0.15) is 35.8 Å². The molecule has 2 fully saturated rings. The van der Waals surface area contributed by atoms with E-state index in [4.69, 9.17) is 4.74 Å². The Morgan fingerprint density at radius 2 is 1.92 bits per heavy atom. The van der Waals surface area contributed by atoms with Crippen molar-refractivity contribution >= 4 is 16.6 Å². The molecule has 186 valence electrons. The van der Waals surface area contributed by atoms with Gasteiger partial charge >= 0.3 is 0 Å². The lowest BCUT2D eigenvalue weighted by Crippen LogP contribution is -2.49. The first kappa shape index (κ1) is 22.9. The molecule has 0 saturated carbocycles. The van der Waals surface area contributed by atoms with Crippen molar-refractivity contribution in [2.75, 3.05) is 37.7 Å². The molecule has 1 N–H and O–H groups in total. The van der Waals surface area contributed by atoms with Gasteiger partial charge in [0.25, 0.3) is 5.56 Å². The third-order valence-corrected chi connectivity index (χ3v) is 7.42. The van der Waals surface area contributed by atoms with Crippen molar-refractivity contribution in [3.8, 4) is 0 Å². The maximum Gasteiger partial charge on any atom is 0.253 e. The highest BCUT2D eigenvalue weighted by molar-refractivity contribution is 5.82. The number of aromatic nitrogens is 5. The average Bonchev–Trinajstić information content (AvgIpc) is 3.59. The molecule has 2 atom stereocenters. The molecule has 4 aromatic rings. The molecule has 2 aromatic carbocycles. The summed E-state index contributed by atoms with van der Waals surface area (Å²) in [4.78, 5) is 21.4. The standard InChI is InChI=1S/C27H31N7O2/c1-19-7-5-8-20-17-23(27(35)28-24(19)20)25(26-29-30-31-34(26)18-22-11-6-16-36-22)33-14-12-32(13-15-33)21-9-3-2-4-10-21/h2-5,7-10,17,22,25H,6,11-16,18H2,1H3,(H,28,35)/t22-,25-/m1/s1. The summed E-state index contributed by atoms with van der Waals surface area (Å²) < 4.78 is 7.70. The van der Waals surface area contributed by atoms with Crippen LogP contribution in [0, 0.1) is 6.92 Å². The normalized spacial score (nSPS) is 19.7. The van der Waals surface area contributed by atoms with Gasteiger partial charge in [-0.05, 0) is 59.3 Å². The molecule has 0 aliphatic carbocycles. The molecule has 0 radical (unpaired) electrons. The number of benzene rings is 2. The number of anilines is 1. The van der Waals surface area contributed by atoms with Crippen molar-refractivity contribution < 1.29 is 4.74 Å². The number of aromatic amines is 1. The van der Waals surface area contributed by atoms with Crippen LogP contribution in [0.15, 0.2) is 59.4 Å². The number of pyridine rings is 1. The number of fused-ring (bicyclic) bond motifs is 1. The molecule has 0 amide bonds. The first-order valence-corrected chi connectivity index (χ1v) is 12.7. The number of tetrazole rings is 1. The van der Waals surface area contributed by atoms with Gasteiger partial charge in [-0.3, -0.25) is 9.69 Å². The molecule has 2 aromatic heterocycles. The Morgan fingerprint density at radius 3 is 2.69 bits per heavy atom. The number of hydrogen-bond acceptors (Lipinski definition) is 7. The molecule has 0 bridgehead atoms. The van der Waals surface area contributed by atoms with E-state index in [-0.39, 0.29) is 17.7 Å². The monoisotopic (exact) mass is 485 g/mol. The Balaban J connectivity index is 1.37. The van der Waals surface area contributed by atoms with Gasteiger partial charge in [-0.2, -0.15) is 0 Å². The van der Waals surface area contributed by atoms with Gasteiger partial charge in [0.2, 0.25) is 0 Å². The highest BCUT2D eigenvalue weighted by Crippen LogP contribution is 2.30. The Labute approximate surface area is 209 Å². The number of H-pyrrole nitrogens is 1. The van der Waals surface area contributed by atoms with E-state index in [2.05, 4.69) is 54.6 Å². The zero-order valence-corrected chi connectivity index (χ0v) is 20.5. The number of piperazine rings is 1. The maximum atomic E-state index is 13.5. The zero-order valence-electron chi connectivity index (χ0n) is 20.5. The molecular weight excluding hydrogens is 454 g/mol. The number of para-hydroxylation sites is 2. The lowest BCUT2D eigenvalue weighted by atomic mass is 10.0. The van der Waals surface area contributed by atoms with Crippen LogP contribution in [0.3, 0.4) is 0 Å². The topological polar surface area (TPSA) is 92.2 Å². The van der Waals surface area contributed by atoms with E-state index in [1.165, 1.54) is 5.69 Å². The van der Waals surface area contributed by atoms with E-state index < -0.39 is 0 Å². The zero-order chi connectivity index (χ0) is 24.5. The van der Waals surface area contributed by atoms with Crippen LogP contribution < -0.4 is 10.5 Å². The van der Waals surface area contributed by atoms with Gasteiger partial charge in [0.1, 0.15) is 6.04 Å². The molecule has 2 saturated heterocycles. The average molecular weight is 486 g/mol. The van der Waals surface area contributed by atoms with Crippen LogP contribution in [0.4, 0.5) is 5.69 Å². The Hall–Kier alpha value is -3.56. The van der Waals surface area contributed by atoms with Crippen molar-refractivity contribution in [3.05, 3.63) is 81.9 Å². The summed E-state index contributed by atoms with van der Waals surface area (Å²) in [6.07, 6.45) is 2.15. The molecule has 36 heavy (non-hydrogen) atoms. The second kappa shape index (κ2) is 9.83. The van der Waals surface area contributed by atoms with Crippen molar-refractivity contribution in [3.63, 3.8) is 0 Å². The number of ether oxygens (including phenoxy) is 1. The summed E-state index contributed by atoms with van der Waals surface area (Å²) in [5.41, 5.74) is 3.71. The van der Waals surface area contributed by atoms with E-state index in [9.17, 15) is 4.79 Å². The highest BCUT2D eigenvalue weighted by Gasteiger charge is 2.33. The Kier molecular flexibility index (Phi) is 6.25. The summed E-state index contributed by atoms with van der Waals surface area (Å²) in [6, 6.07) is 18.2. The minimum atomic E-state index is -0.354. The van der Waals surface area contributed by atoms with E-state index >= 15 is 0 Å². The second-order valence-electron chi connectivity index (χ2n) is 9.71. The summed E-state index contributed by atoms with van der Waals surface area (Å²) in [5.74, 6) is 0.691. The van der Waals surface area contributed by atoms with Gasteiger partial charge < -0.3 is 14.6 Å². The first-order valence-electron chi connectivity index (χ1n) is 12.7. The van der Waals surface area contributed by atoms with Crippen molar-refractivity contribution in [1.29, 1.82) is 0 Å². The third kappa shape index (κ3) is 4.40. The van der Waals surface area contributed by atoms with Gasteiger partial charge in [0.05, 0.1) is 18.2 Å². The fourth-order valence-electron chi connectivity index (χ4n) is 5.50. The summed E-state index contributed by atoms with van der Waals surface area (Å²) in [7, 11) is 0. The molecule has 4 heterocycles. The van der Waals surface area contributed by atoms with Crippen LogP contribution in [0.5, 0.6) is 0 Å². The van der Waals surface area contributed by atoms with E-state index in [1.54, 1.807) is 0 Å². The summed E-state index contributed by atoms with van der Waals surface area (Å²) in [6.45, 7) is 6.68. The summed E-state index contributed by atoms with van der Waals surface area (Å²) in [5, 5.41) is 13.8. The number of rotatable bonds is 6. The maximum absolute atomic E-state index is 13.5. The van der Waals surface area contributed by atoms with Gasteiger partial charge in [0, 0.05) is 44.0 Å². The number of nitrogens with one attached hydrogen (secondary N) is 1. The SMILES string of the molecule is Cc1cccc2cc([C@H](c3nnnn3C[C@H]3CCCO3)N3CCN(c4ccccc4)CC3)c(=O)[nH]c12. The van der Waals surface area contributed by atoms with E-state index in [1.807, 2.05) is 41.9 Å². The Morgan fingerprint density at radius 1 is 1.08 bits per heavy atom. The second-order valence-corrected chi connectivity index (χ2v) is 9.71. The third-order valence-electron chi connectivity index (χ3n) is 7.42. The van der Waals surface area contributed by atoms with E-state index in [0.717, 1.165) is 62.1 Å². The largest absolute Gasteiger partial charge is 0.376 e. The molecular formula is C27H31N7O2. The molecule has 0 unspecified atom stereocenters. The lowest BCUT2D eigenvalue weighted by Gasteiger charge is -2.39. The van der Waals surface area contributed by atoms with Crippen molar-refractivity contribution in [2.45, 2.75) is 38.5 Å². The quantitative estimate of drug-likeness (QED) is 0.449. The van der Waals surface area contributed by atoms with Gasteiger partial charge in [-0.1, -0.05) is 36.4 Å². The number of nitrogens with zero attached hydrogens (tertiary/aromatic N) is 6. The van der Waals surface area contributed by atoms with Crippen molar-refractivity contribution in [2.24, 2.45) is 0 Å². The first-order chi connectivity index (χ1) is 17.7. The highest BCUT2D eigenvalue weighted by atomic mass is 16.5. The molecule has 6 rings (SSSR count). The predicted molar refractivity (Wildman–Crippen MR) is 138 cm³/mol. The van der Waals surface area contributed by atoms with Crippen LogP contribution >= 0.6 is 0 Å². The van der Waals surface area contributed by atoms with Gasteiger partial charge in [-0.25, -0.2) is 4.68 Å². The molecule has 2 aliphatic rings. The Bertz CT molecular complexity index is 1390. The minimum absolute atomic E-state index is 0.0976. The number of hydrogen-bond donors (Lipinski definition) is 1. The van der Waals surface area contributed by atoms with Crippen LogP contribution in [-0.4, -0.2) is 69.0 Å². The minimum Gasteiger partial charge on any atom is -0.376 e. The van der Waals surface area contributed by atoms with Crippen LogP contribution in [-0.2, 0) is 11.3 Å². The smallest absolute Gasteiger partial charge is 0.253 e. The molecule has 0 spiro atoms. The fraction of sp³-hybridized carbons (Fsp3) is 0.407. The lowest BCUT2D eigenvalue weighted by molar-refractivity contribution is 0.0906. The molecule has 9 nitrogen and oxygen atoms in total.